The quantitative estimate of drug-likeness (QED) is 0.633. The molecule has 0 unspecified atom stereocenters. The summed E-state index contributed by atoms with van der Waals surface area (Å²) in [5.41, 5.74) is 0. The van der Waals surface area contributed by atoms with E-state index in [9.17, 15) is 0 Å². The van der Waals surface area contributed by atoms with Crippen molar-refractivity contribution in [2.24, 2.45) is 0 Å². The van der Waals surface area contributed by atoms with E-state index in [2.05, 4.69) is 16.8 Å². The van der Waals surface area contributed by atoms with Crippen LogP contribution in [0.15, 0.2) is 0 Å². The molecule has 0 bridgehead atoms. The van der Waals surface area contributed by atoms with Crippen molar-refractivity contribution in [2.45, 2.75) is 52.3 Å². The summed E-state index contributed by atoms with van der Waals surface area (Å²) in [5, 5.41) is 0. The van der Waals surface area contributed by atoms with Crippen molar-refractivity contribution in [3.8, 4) is 0 Å². The molecule has 2 heteroatoms. The summed E-state index contributed by atoms with van der Waals surface area (Å²) in [4.78, 5) is 4.73. The van der Waals surface area contributed by atoms with Gasteiger partial charge in [-0.1, -0.05) is 0 Å². The molecule has 1 rings (SSSR count). The first-order valence-corrected chi connectivity index (χ1v) is 15.4. The van der Waals surface area contributed by atoms with E-state index in [1.165, 1.54) is 32.1 Å². The third-order valence-corrected chi connectivity index (χ3v) is 16.1. The van der Waals surface area contributed by atoms with Crippen LogP contribution in [0.1, 0.15) is 39.0 Å². The SMILES string of the molecule is C[C]1([Sn]([CH3])([CH3])[Cl])CCCCC1. The third-order valence-electron chi connectivity index (χ3n) is 3.39. The summed E-state index contributed by atoms with van der Waals surface area (Å²) in [7, 11) is 6.56. The van der Waals surface area contributed by atoms with Gasteiger partial charge in [0, 0.05) is 0 Å². The van der Waals surface area contributed by atoms with Gasteiger partial charge >= 0.3 is 78.5 Å². The Labute approximate surface area is 78.3 Å². The predicted molar refractivity (Wildman–Crippen MR) is 54.8 cm³/mol. The summed E-state index contributed by atoms with van der Waals surface area (Å²) >= 11 is -2.12. The van der Waals surface area contributed by atoms with Crippen LogP contribution in [0.3, 0.4) is 0 Å². The maximum atomic E-state index is 6.56. The number of hydrogen-bond acceptors (Lipinski definition) is 0. The van der Waals surface area contributed by atoms with Crippen molar-refractivity contribution in [3.05, 3.63) is 0 Å². The van der Waals surface area contributed by atoms with Crippen LogP contribution in [-0.4, -0.2) is 17.3 Å². The van der Waals surface area contributed by atoms with E-state index in [0.717, 1.165) is 0 Å². The van der Waals surface area contributed by atoms with E-state index in [1.54, 1.807) is 0 Å². The summed E-state index contributed by atoms with van der Waals surface area (Å²) < 4.78 is 0.592. The molecule has 0 radical (unpaired) electrons. The van der Waals surface area contributed by atoms with Gasteiger partial charge in [0.25, 0.3) is 0 Å². The van der Waals surface area contributed by atoms with Gasteiger partial charge in [-0.15, -0.1) is 0 Å². The Morgan fingerprint density at radius 1 is 1.09 bits per heavy atom. The van der Waals surface area contributed by atoms with Gasteiger partial charge in [0.2, 0.25) is 0 Å². The molecule has 0 atom stereocenters. The molecule has 0 aromatic heterocycles. The Bertz CT molecular complexity index is 131. The average molecular weight is 281 g/mol. The summed E-state index contributed by atoms with van der Waals surface area (Å²) in [5.74, 6) is 0. The summed E-state index contributed by atoms with van der Waals surface area (Å²) in [6.07, 6.45) is 7.08. The average Bonchev–Trinajstić information content (AvgIpc) is 1.87. The molecular weight excluding hydrogens is 262 g/mol. The fourth-order valence-electron chi connectivity index (χ4n) is 1.93. The molecule has 66 valence electrons. The second-order valence-corrected chi connectivity index (χ2v) is 22.8. The summed E-state index contributed by atoms with van der Waals surface area (Å²) in [6.45, 7) is 2.43. The number of rotatable bonds is 1. The van der Waals surface area contributed by atoms with Gasteiger partial charge in [0.15, 0.2) is 0 Å². The molecule has 0 aromatic rings. The fraction of sp³-hybridized carbons (Fsp3) is 1.00. The molecule has 1 aliphatic carbocycles. The first-order chi connectivity index (χ1) is 4.96. The minimum atomic E-state index is -2.12. The second kappa shape index (κ2) is 3.45. The van der Waals surface area contributed by atoms with Gasteiger partial charge in [-0.3, -0.25) is 0 Å². The molecule has 0 heterocycles. The van der Waals surface area contributed by atoms with Crippen LogP contribution in [0.25, 0.3) is 0 Å². The van der Waals surface area contributed by atoms with Crippen molar-refractivity contribution in [3.63, 3.8) is 0 Å². The molecule has 0 spiro atoms. The minimum absolute atomic E-state index is 0.592. The van der Waals surface area contributed by atoms with Crippen LogP contribution in [-0.2, 0) is 0 Å². The Hall–Kier alpha value is 1.09. The van der Waals surface area contributed by atoms with Crippen LogP contribution in [0, 0.1) is 0 Å². The van der Waals surface area contributed by atoms with Crippen molar-refractivity contribution < 1.29 is 0 Å². The molecule has 0 amide bonds. The van der Waals surface area contributed by atoms with E-state index >= 15 is 0 Å². The molecule has 0 aromatic carbocycles. The first-order valence-electron chi connectivity index (χ1n) is 4.65. The standard InChI is InChI=1S/C7H13.2CH3.ClH.Sn/c1-7-5-3-2-4-6-7;;;;/h2-6H2,1H3;2*1H3;1H;/q;;;;+1/p-1. The van der Waals surface area contributed by atoms with E-state index in [-0.39, 0.29) is 0 Å². The van der Waals surface area contributed by atoms with Crippen LogP contribution in [0.2, 0.25) is 13.3 Å². The Morgan fingerprint density at radius 2 is 1.55 bits per heavy atom. The van der Waals surface area contributed by atoms with E-state index < -0.39 is 17.3 Å². The Morgan fingerprint density at radius 3 is 1.82 bits per heavy atom. The van der Waals surface area contributed by atoms with Crippen LogP contribution >= 0.6 is 8.92 Å². The van der Waals surface area contributed by atoms with E-state index in [4.69, 9.17) is 8.92 Å². The monoisotopic (exact) mass is 282 g/mol. The Balaban J connectivity index is 2.64. The Kier molecular flexibility index (Phi) is 3.19. The zero-order valence-corrected chi connectivity index (χ0v) is 11.5. The van der Waals surface area contributed by atoms with E-state index in [1.807, 2.05) is 0 Å². The molecule has 0 saturated heterocycles. The first kappa shape index (κ1) is 10.2. The fourth-order valence-corrected chi connectivity index (χ4v) is 7.60. The molecule has 1 saturated carbocycles. The zero-order valence-electron chi connectivity index (χ0n) is 7.91. The zero-order chi connectivity index (χ0) is 8.54. The predicted octanol–water partition coefficient (Wildman–Crippen LogP) is 4.15. The molecule has 1 fully saturated rings. The molecule has 0 N–H and O–H groups in total. The van der Waals surface area contributed by atoms with Gasteiger partial charge < -0.3 is 0 Å². The van der Waals surface area contributed by atoms with Gasteiger partial charge in [-0.25, -0.2) is 0 Å². The molecule has 0 nitrogen and oxygen atoms in total. The van der Waals surface area contributed by atoms with Crippen molar-refractivity contribution >= 4 is 26.2 Å². The van der Waals surface area contributed by atoms with Gasteiger partial charge in [-0.2, -0.15) is 0 Å². The molecular formula is C9H19ClSn. The van der Waals surface area contributed by atoms with Gasteiger partial charge in [-0.05, 0) is 0 Å². The topological polar surface area (TPSA) is 0 Å². The normalized spacial score (nSPS) is 25.1. The van der Waals surface area contributed by atoms with E-state index in [0.29, 0.717) is 3.43 Å². The van der Waals surface area contributed by atoms with Gasteiger partial charge in [0.05, 0.1) is 0 Å². The second-order valence-electron chi connectivity index (χ2n) is 4.59. The summed E-state index contributed by atoms with van der Waals surface area (Å²) in [6, 6.07) is 0. The van der Waals surface area contributed by atoms with Crippen LogP contribution in [0.5, 0.6) is 0 Å². The molecule has 1 aliphatic rings. The van der Waals surface area contributed by atoms with Crippen LogP contribution in [0.4, 0.5) is 0 Å². The van der Waals surface area contributed by atoms with Gasteiger partial charge in [0.1, 0.15) is 0 Å². The van der Waals surface area contributed by atoms with Crippen LogP contribution < -0.4 is 0 Å². The number of hydrogen-bond donors (Lipinski definition) is 0. The van der Waals surface area contributed by atoms with Crippen molar-refractivity contribution in [1.29, 1.82) is 0 Å². The molecule has 0 aliphatic heterocycles. The third kappa shape index (κ3) is 2.27. The molecule has 11 heavy (non-hydrogen) atoms. The number of halogens is 1. The van der Waals surface area contributed by atoms with Crippen molar-refractivity contribution in [2.75, 3.05) is 0 Å². The van der Waals surface area contributed by atoms with Crippen molar-refractivity contribution in [1.82, 2.24) is 0 Å². The maximum absolute atomic E-state index is 6.56.